The number of amides is 1. The van der Waals surface area contributed by atoms with Gasteiger partial charge >= 0.3 is 5.97 Å². The average molecular weight is 296 g/mol. The van der Waals surface area contributed by atoms with E-state index in [0.717, 1.165) is 5.56 Å². The van der Waals surface area contributed by atoms with Gasteiger partial charge in [0.1, 0.15) is 5.69 Å². The first-order valence-corrected chi connectivity index (χ1v) is 6.55. The third-order valence-electron chi connectivity index (χ3n) is 3.29. The first kappa shape index (κ1) is 13.8. The smallest absolute Gasteiger partial charge is 0.374 e. The summed E-state index contributed by atoms with van der Waals surface area (Å²) in [7, 11) is 0. The number of pyridine rings is 1. The Morgan fingerprint density at radius 1 is 1.18 bits per heavy atom. The van der Waals surface area contributed by atoms with Gasteiger partial charge in [0.2, 0.25) is 11.5 Å². The molecule has 110 valence electrons. The highest BCUT2D eigenvalue weighted by Crippen LogP contribution is 2.30. The molecule has 6 heteroatoms. The van der Waals surface area contributed by atoms with E-state index in [1.54, 1.807) is 24.3 Å². The van der Waals surface area contributed by atoms with Crippen LogP contribution >= 0.6 is 0 Å². The normalized spacial score (nSPS) is 10.6. The third kappa shape index (κ3) is 2.31. The molecule has 0 aliphatic heterocycles. The van der Waals surface area contributed by atoms with Crippen molar-refractivity contribution in [2.24, 2.45) is 0 Å². The molecule has 0 spiro atoms. The number of nitrogens with zero attached hydrogens (tertiary/aromatic N) is 1. The summed E-state index contributed by atoms with van der Waals surface area (Å²) in [4.78, 5) is 27.6. The Morgan fingerprint density at radius 2 is 1.95 bits per heavy atom. The number of carbonyl (C=O) groups excluding carboxylic acids is 1. The van der Waals surface area contributed by atoms with Crippen molar-refractivity contribution in [2.45, 2.75) is 6.92 Å². The second-order valence-electron chi connectivity index (χ2n) is 4.74. The summed E-state index contributed by atoms with van der Waals surface area (Å²) in [6, 6.07) is 10.3. The number of rotatable bonds is 3. The zero-order chi connectivity index (χ0) is 15.7. The molecular weight excluding hydrogens is 284 g/mol. The van der Waals surface area contributed by atoms with Crippen LogP contribution in [0.5, 0.6) is 0 Å². The highest BCUT2D eigenvalue weighted by Gasteiger charge is 2.23. The van der Waals surface area contributed by atoms with E-state index < -0.39 is 11.9 Å². The molecule has 1 amide bonds. The minimum Gasteiger partial charge on any atom is -0.475 e. The van der Waals surface area contributed by atoms with Gasteiger partial charge in [0.05, 0.1) is 5.39 Å². The maximum atomic E-state index is 12.4. The Hall–Kier alpha value is -3.15. The Morgan fingerprint density at radius 3 is 2.68 bits per heavy atom. The largest absolute Gasteiger partial charge is 0.475 e. The number of benzene rings is 1. The number of anilines is 1. The zero-order valence-corrected chi connectivity index (χ0v) is 11.7. The van der Waals surface area contributed by atoms with Crippen LogP contribution in [0.4, 0.5) is 5.69 Å². The molecule has 1 aromatic carbocycles. The summed E-state index contributed by atoms with van der Waals surface area (Å²) < 4.78 is 5.20. The lowest BCUT2D eigenvalue weighted by Gasteiger charge is -2.06. The van der Waals surface area contributed by atoms with Crippen LogP contribution in [-0.2, 0) is 0 Å². The zero-order valence-electron chi connectivity index (χ0n) is 11.7. The lowest BCUT2D eigenvalue weighted by atomic mass is 10.1. The Bertz CT molecular complexity index is 883. The van der Waals surface area contributed by atoms with E-state index in [1.807, 2.05) is 19.1 Å². The highest BCUT2D eigenvalue weighted by atomic mass is 16.4. The molecule has 0 aliphatic carbocycles. The van der Waals surface area contributed by atoms with E-state index in [9.17, 15) is 14.7 Å². The van der Waals surface area contributed by atoms with Crippen LogP contribution in [0, 0.1) is 6.92 Å². The molecule has 3 rings (SSSR count). The van der Waals surface area contributed by atoms with Crippen molar-refractivity contribution in [2.75, 3.05) is 5.32 Å². The van der Waals surface area contributed by atoms with Gasteiger partial charge in [-0.05, 0) is 30.7 Å². The first-order valence-electron chi connectivity index (χ1n) is 6.55. The number of aromatic nitrogens is 1. The standard InChI is InChI=1S/C16H12N2O4/c1-9-5-2-3-6-10(9)14(19)18-12-11-7-4-8-17-15(11)22-13(12)16(20)21/h2-8H,1H3,(H,18,19)(H,20,21). The number of hydrogen-bond acceptors (Lipinski definition) is 4. The fraction of sp³-hybridized carbons (Fsp3) is 0.0625. The minimum absolute atomic E-state index is 0.115. The van der Waals surface area contributed by atoms with E-state index in [0.29, 0.717) is 10.9 Å². The van der Waals surface area contributed by atoms with Gasteiger partial charge in [0, 0.05) is 11.8 Å². The quantitative estimate of drug-likeness (QED) is 0.774. The molecule has 0 fully saturated rings. The molecule has 0 bridgehead atoms. The molecular formula is C16H12N2O4. The van der Waals surface area contributed by atoms with Crippen LogP contribution in [-0.4, -0.2) is 22.0 Å². The second kappa shape index (κ2) is 5.33. The number of carbonyl (C=O) groups is 2. The van der Waals surface area contributed by atoms with E-state index in [-0.39, 0.29) is 17.2 Å². The van der Waals surface area contributed by atoms with E-state index in [1.165, 1.54) is 6.20 Å². The minimum atomic E-state index is -1.27. The SMILES string of the molecule is Cc1ccccc1C(=O)Nc1c(C(=O)O)oc2ncccc12. The van der Waals surface area contributed by atoms with E-state index >= 15 is 0 Å². The van der Waals surface area contributed by atoms with Crippen LogP contribution in [0.2, 0.25) is 0 Å². The van der Waals surface area contributed by atoms with Gasteiger partial charge in [0.25, 0.3) is 5.91 Å². The van der Waals surface area contributed by atoms with Gasteiger partial charge < -0.3 is 14.8 Å². The maximum Gasteiger partial charge on any atom is 0.374 e. The molecule has 2 aromatic heterocycles. The molecule has 6 nitrogen and oxygen atoms in total. The van der Waals surface area contributed by atoms with Gasteiger partial charge in [0.15, 0.2) is 0 Å². The van der Waals surface area contributed by atoms with Gasteiger partial charge in [-0.15, -0.1) is 0 Å². The van der Waals surface area contributed by atoms with E-state index in [2.05, 4.69) is 10.3 Å². The number of nitrogens with one attached hydrogen (secondary N) is 1. The molecule has 3 aromatic rings. The summed E-state index contributed by atoms with van der Waals surface area (Å²) in [5.74, 6) is -2.00. The molecule has 2 N–H and O–H groups in total. The number of furan rings is 1. The molecule has 0 unspecified atom stereocenters. The van der Waals surface area contributed by atoms with Crippen LogP contribution in [0.25, 0.3) is 11.1 Å². The Balaban J connectivity index is 2.07. The number of carboxylic acid groups (broad SMARTS) is 1. The third-order valence-corrected chi connectivity index (χ3v) is 3.29. The monoisotopic (exact) mass is 296 g/mol. The molecule has 0 saturated carbocycles. The molecule has 22 heavy (non-hydrogen) atoms. The van der Waals surface area contributed by atoms with Crippen LogP contribution in [0.3, 0.4) is 0 Å². The van der Waals surface area contributed by atoms with Crippen molar-refractivity contribution in [1.29, 1.82) is 0 Å². The molecule has 0 radical (unpaired) electrons. The lowest BCUT2D eigenvalue weighted by molar-refractivity contribution is 0.0666. The molecule has 0 aliphatic rings. The van der Waals surface area contributed by atoms with Gasteiger partial charge in [-0.1, -0.05) is 18.2 Å². The fourth-order valence-electron chi connectivity index (χ4n) is 2.22. The van der Waals surface area contributed by atoms with Crippen LogP contribution in [0.1, 0.15) is 26.5 Å². The maximum absolute atomic E-state index is 12.4. The topological polar surface area (TPSA) is 92.4 Å². The summed E-state index contributed by atoms with van der Waals surface area (Å²) in [6.45, 7) is 1.81. The van der Waals surface area contributed by atoms with Crippen molar-refractivity contribution in [3.05, 3.63) is 59.5 Å². The molecule has 2 heterocycles. The number of aryl methyl sites for hydroxylation is 1. The predicted octanol–water partition coefficient (Wildman–Crippen LogP) is 3.09. The summed E-state index contributed by atoms with van der Waals surface area (Å²) in [6.07, 6.45) is 1.49. The second-order valence-corrected chi connectivity index (χ2v) is 4.74. The highest BCUT2D eigenvalue weighted by molar-refractivity contribution is 6.13. The van der Waals surface area contributed by atoms with Crippen molar-refractivity contribution in [3.8, 4) is 0 Å². The average Bonchev–Trinajstić information content (AvgIpc) is 2.87. The van der Waals surface area contributed by atoms with Crippen molar-refractivity contribution in [1.82, 2.24) is 4.98 Å². The predicted molar refractivity (Wildman–Crippen MR) is 80.1 cm³/mol. The Labute approximate surface area is 125 Å². The lowest BCUT2D eigenvalue weighted by Crippen LogP contribution is -2.15. The van der Waals surface area contributed by atoms with Gasteiger partial charge in [-0.3, -0.25) is 4.79 Å². The van der Waals surface area contributed by atoms with Crippen molar-refractivity contribution < 1.29 is 19.1 Å². The number of aromatic carboxylic acids is 1. The first-order chi connectivity index (χ1) is 10.6. The van der Waals surface area contributed by atoms with Crippen LogP contribution < -0.4 is 5.32 Å². The molecule has 0 saturated heterocycles. The van der Waals surface area contributed by atoms with Gasteiger partial charge in [-0.25, -0.2) is 9.78 Å². The fourth-order valence-corrected chi connectivity index (χ4v) is 2.22. The molecule has 0 atom stereocenters. The van der Waals surface area contributed by atoms with Crippen molar-refractivity contribution >= 4 is 28.7 Å². The van der Waals surface area contributed by atoms with Crippen LogP contribution in [0.15, 0.2) is 47.0 Å². The summed E-state index contributed by atoms with van der Waals surface area (Å²) in [5.41, 5.74) is 1.55. The van der Waals surface area contributed by atoms with Gasteiger partial charge in [-0.2, -0.15) is 0 Å². The number of fused-ring (bicyclic) bond motifs is 1. The Kier molecular flexibility index (Phi) is 3.34. The van der Waals surface area contributed by atoms with Crippen molar-refractivity contribution in [3.63, 3.8) is 0 Å². The summed E-state index contributed by atoms with van der Waals surface area (Å²) in [5, 5.41) is 12.3. The summed E-state index contributed by atoms with van der Waals surface area (Å²) >= 11 is 0. The van der Waals surface area contributed by atoms with E-state index in [4.69, 9.17) is 4.42 Å². The number of hydrogen-bond donors (Lipinski definition) is 2. The number of carboxylic acids is 1.